The average molecular weight is 277 g/mol. The highest BCUT2D eigenvalue weighted by atomic mass is 32.1. The molecule has 0 radical (unpaired) electrons. The van der Waals surface area contributed by atoms with Gasteiger partial charge in [0.1, 0.15) is 11.0 Å². The molecule has 0 heterocycles. The second kappa shape index (κ2) is 5.57. The van der Waals surface area contributed by atoms with Gasteiger partial charge in [-0.15, -0.1) is 0 Å². The molecule has 0 aromatic heterocycles. The van der Waals surface area contributed by atoms with Crippen LogP contribution < -0.4 is 16.0 Å². The van der Waals surface area contributed by atoms with Crippen LogP contribution >= 0.6 is 12.2 Å². The highest BCUT2D eigenvalue weighted by Gasteiger charge is 2.27. The molecule has 0 spiro atoms. The molecule has 1 aliphatic rings. The van der Waals surface area contributed by atoms with Crippen LogP contribution in [0.1, 0.15) is 25.3 Å². The van der Waals surface area contributed by atoms with Gasteiger partial charge in [-0.3, -0.25) is 4.79 Å². The van der Waals surface area contributed by atoms with Crippen molar-refractivity contribution in [3.63, 3.8) is 0 Å². The van der Waals surface area contributed by atoms with Crippen LogP contribution in [0.5, 0.6) is 0 Å². The minimum Gasteiger partial charge on any atom is -0.389 e. The van der Waals surface area contributed by atoms with Crippen LogP contribution in [0.25, 0.3) is 0 Å². The van der Waals surface area contributed by atoms with E-state index in [9.17, 15) is 4.79 Å². The van der Waals surface area contributed by atoms with Crippen LogP contribution in [0.2, 0.25) is 0 Å². The van der Waals surface area contributed by atoms with E-state index in [0.717, 1.165) is 24.1 Å². The van der Waals surface area contributed by atoms with Crippen molar-refractivity contribution >= 4 is 28.8 Å². The first kappa shape index (κ1) is 13.8. The molecule has 4 nitrogen and oxygen atoms in total. The van der Waals surface area contributed by atoms with Gasteiger partial charge in [-0.2, -0.15) is 0 Å². The number of rotatable bonds is 5. The summed E-state index contributed by atoms with van der Waals surface area (Å²) in [5, 5.41) is 3.01. The maximum Gasteiger partial charge on any atom is 0.242 e. The van der Waals surface area contributed by atoms with E-state index >= 15 is 0 Å². The first-order chi connectivity index (χ1) is 8.99. The number of hydrogen-bond acceptors (Lipinski definition) is 3. The minimum atomic E-state index is -0.220. The fraction of sp³-hybridized carbons (Fsp3) is 0.429. The second-order valence-electron chi connectivity index (χ2n) is 4.98. The molecule has 0 saturated heterocycles. The summed E-state index contributed by atoms with van der Waals surface area (Å²) in [6, 6.07) is 7.78. The number of nitrogens with two attached hydrogens (primary N) is 1. The number of nitrogens with one attached hydrogen (secondary N) is 1. The first-order valence-electron chi connectivity index (χ1n) is 6.42. The maximum atomic E-state index is 12.0. The third-order valence-corrected chi connectivity index (χ3v) is 3.66. The van der Waals surface area contributed by atoms with Gasteiger partial charge in [0.05, 0.1) is 0 Å². The maximum absolute atomic E-state index is 12.0. The average Bonchev–Trinajstić information content (AvgIpc) is 3.21. The summed E-state index contributed by atoms with van der Waals surface area (Å²) in [4.78, 5) is 14.3. The van der Waals surface area contributed by atoms with Crippen LogP contribution in [0.3, 0.4) is 0 Å². The van der Waals surface area contributed by atoms with Crippen molar-refractivity contribution in [1.82, 2.24) is 5.32 Å². The lowest BCUT2D eigenvalue weighted by atomic mass is 10.1. The number of carbonyl (C=O) groups is 1. The molecule has 0 aliphatic heterocycles. The van der Waals surface area contributed by atoms with Gasteiger partial charge in [-0.25, -0.2) is 0 Å². The summed E-state index contributed by atoms with van der Waals surface area (Å²) in [7, 11) is 1.90. The van der Waals surface area contributed by atoms with Crippen LogP contribution in [0, 0.1) is 0 Å². The van der Waals surface area contributed by atoms with Crippen molar-refractivity contribution in [2.24, 2.45) is 5.73 Å². The Morgan fingerprint density at radius 2 is 2.21 bits per heavy atom. The number of nitrogens with zero attached hydrogens (tertiary/aromatic N) is 1. The van der Waals surface area contributed by atoms with E-state index in [1.807, 2.05) is 43.1 Å². The molecule has 1 aliphatic carbocycles. The molecule has 1 atom stereocenters. The highest BCUT2D eigenvalue weighted by molar-refractivity contribution is 7.80. The number of anilines is 1. The number of hydrogen-bond donors (Lipinski definition) is 2. The lowest BCUT2D eigenvalue weighted by Crippen LogP contribution is -2.44. The summed E-state index contributed by atoms with van der Waals surface area (Å²) in [6.45, 7) is 1.89. The Bertz CT molecular complexity index is 499. The SMILES string of the molecule is CC(C(=O)NC1CC1)N(C)c1cccc(C(N)=S)c1. The van der Waals surface area contributed by atoms with Crippen molar-refractivity contribution < 1.29 is 4.79 Å². The third-order valence-electron chi connectivity index (χ3n) is 3.42. The van der Waals surface area contributed by atoms with Gasteiger partial charge in [0.2, 0.25) is 5.91 Å². The van der Waals surface area contributed by atoms with E-state index in [0.29, 0.717) is 11.0 Å². The third kappa shape index (κ3) is 3.44. The Labute approximate surface area is 119 Å². The Balaban J connectivity index is 2.08. The predicted molar refractivity (Wildman–Crippen MR) is 81.4 cm³/mol. The Kier molecular flexibility index (Phi) is 4.04. The van der Waals surface area contributed by atoms with Crippen molar-refractivity contribution in [3.05, 3.63) is 29.8 Å². The summed E-state index contributed by atoms with van der Waals surface area (Å²) in [5.41, 5.74) is 7.37. The molecule has 1 fully saturated rings. The minimum absolute atomic E-state index is 0.0609. The molecule has 102 valence electrons. The Morgan fingerprint density at radius 3 is 2.79 bits per heavy atom. The number of carbonyl (C=O) groups excluding carboxylic acids is 1. The second-order valence-corrected chi connectivity index (χ2v) is 5.42. The van der Waals surface area contributed by atoms with E-state index < -0.39 is 0 Å². The monoisotopic (exact) mass is 277 g/mol. The van der Waals surface area contributed by atoms with Crippen molar-refractivity contribution in [2.75, 3.05) is 11.9 Å². The molecule has 1 aromatic rings. The highest BCUT2D eigenvalue weighted by Crippen LogP contribution is 2.21. The number of thiocarbonyl (C=S) groups is 1. The quantitative estimate of drug-likeness (QED) is 0.799. The molecular formula is C14H19N3OS. The summed E-state index contributed by atoms with van der Waals surface area (Å²) >= 11 is 4.97. The lowest BCUT2D eigenvalue weighted by Gasteiger charge is -2.26. The molecular weight excluding hydrogens is 258 g/mol. The molecule has 1 saturated carbocycles. The molecule has 5 heteroatoms. The van der Waals surface area contributed by atoms with E-state index in [4.69, 9.17) is 18.0 Å². The summed E-state index contributed by atoms with van der Waals surface area (Å²) in [5.74, 6) is 0.0609. The molecule has 1 amide bonds. The van der Waals surface area contributed by atoms with E-state index in [2.05, 4.69) is 5.32 Å². The Morgan fingerprint density at radius 1 is 1.53 bits per heavy atom. The van der Waals surface area contributed by atoms with Crippen LogP contribution in [-0.4, -0.2) is 30.0 Å². The Hall–Kier alpha value is -1.62. The molecule has 19 heavy (non-hydrogen) atoms. The fourth-order valence-electron chi connectivity index (χ4n) is 1.83. The van der Waals surface area contributed by atoms with Crippen LogP contribution in [0.4, 0.5) is 5.69 Å². The summed E-state index contributed by atoms with van der Waals surface area (Å²) in [6.07, 6.45) is 2.19. The number of amides is 1. The summed E-state index contributed by atoms with van der Waals surface area (Å²) < 4.78 is 0. The fourth-order valence-corrected chi connectivity index (χ4v) is 1.95. The van der Waals surface area contributed by atoms with Gasteiger partial charge >= 0.3 is 0 Å². The molecule has 0 bridgehead atoms. The van der Waals surface area contributed by atoms with Gasteiger partial charge in [-0.05, 0) is 31.9 Å². The largest absolute Gasteiger partial charge is 0.389 e. The van der Waals surface area contributed by atoms with Gasteiger partial charge in [0, 0.05) is 24.3 Å². The predicted octanol–water partition coefficient (Wildman–Crippen LogP) is 1.42. The van der Waals surface area contributed by atoms with E-state index in [1.165, 1.54) is 0 Å². The van der Waals surface area contributed by atoms with E-state index in [-0.39, 0.29) is 11.9 Å². The van der Waals surface area contributed by atoms with Crippen LogP contribution in [0.15, 0.2) is 24.3 Å². The lowest BCUT2D eigenvalue weighted by molar-refractivity contribution is -0.122. The molecule has 3 N–H and O–H groups in total. The van der Waals surface area contributed by atoms with Gasteiger partial charge < -0.3 is 16.0 Å². The van der Waals surface area contributed by atoms with Crippen molar-refractivity contribution in [2.45, 2.75) is 31.8 Å². The first-order valence-corrected chi connectivity index (χ1v) is 6.83. The zero-order valence-corrected chi connectivity index (χ0v) is 12.0. The topological polar surface area (TPSA) is 58.4 Å². The van der Waals surface area contributed by atoms with E-state index in [1.54, 1.807) is 0 Å². The smallest absolute Gasteiger partial charge is 0.242 e. The van der Waals surface area contributed by atoms with Gasteiger partial charge in [0.25, 0.3) is 0 Å². The molecule has 1 aromatic carbocycles. The zero-order valence-electron chi connectivity index (χ0n) is 11.2. The molecule has 2 rings (SSSR count). The standard InChI is InChI=1S/C14H19N3OS/c1-9(14(18)16-11-6-7-11)17(2)12-5-3-4-10(8-12)13(15)19/h3-5,8-9,11H,6-7H2,1-2H3,(H2,15,19)(H,16,18). The molecule has 1 unspecified atom stereocenters. The number of likely N-dealkylation sites (N-methyl/N-ethyl adjacent to an activating group) is 1. The van der Waals surface area contributed by atoms with Gasteiger partial charge in [0.15, 0.2) is 0 Å². The van der Waals surface area contributed by atoms with Crippen molar-refractivity contribution in [3.8, 4) is 0 Å². The van der Waals surface area contributed by atoms with Crippen molar-refractivity contribution in [1.29, 1.82) is 0 Å². The van der Waals surface area contributed by atoms with Gasteiger partial charge in [-0.1, -0.05) is 24.4 Å². The zero-order chi connectivity index (χ0) is 14.0. The van der Waals surface area contributed by atoms with Crippen LogP contribution in [-0.2, 0) is 4.79 Å². The normalized spacial score (nSPS) is 15.7. The number of benzene rings is 1.